The van der Waals surface area contributed by atoms with Gasteiger partial charge in [-0.05, 0) is 93.1 Å². The number of aryl methyl sites for hydroxylation is 3. The molecule has 0 radical (unpaired) electrons. The second-order valence-corrected chi connectivity index (χ2v) is 8.70. The van der Waals surface area contributed by atoms with Crippen molar-refractivity contribution in [1.29, 1.82) is 0 Å². The van der Waals surface area contributed by atoms with E-state index < -0.39 is 0 Å². The minimum Gasteiger partial charge on any atom is -0.336 e. The maximum absolute atomic E-state index is 2.51. The highest BCUT2D eigenvalue weighted by molar-refractivity contribution is 5.65. The minimum atomic E-state index is 0.885. The van der Waals surface area contributed by atoms with Crippen LogP contribution < -0.4 is 14.7 Å². The smallest absolute Gasteiger partial charge is 0.0937 e. The van der Waals surface area contributed by atoms with Crippen molar-refractivity contribution in [3.05, 3.63) is 88.0 Å². The van der Waals surface area contributed by atoms with Gasteiger partial charge >= 0.3 is 0 Å². The zero-order valence-corrected chi connectivity index (χ0v) is 19.2. The van der Waals surface area contributed by atoms with Crippen LogP contribution >= 0.6 is 0 Å². The van der Waals surface area contributed by atoms with Gasteiger partial charge in [0.1, 0.15) is 0 Å². The van der Waals surface area contributed by atoms with Gasteiger partial charge in [0, 0.05) is 17.1 Å². The molecule has 1 aliphatic rings. The molecule has 0 bridgehead atoms. The fourth-order valence-electron chi connectivity index (χ4n) is 4.44. The number of hydrogen-bond acceptors (Lipinski definition) is 3. The number of benzene rings is 3. The summed E-state index contributed by atoms with van der Waals surface area (Å²) in [4.78, 5) is 7.53. The molecule has 3 nitrogen and oxygen atoms in total. The van der Waals surface area contributed by atoms with Gasteiger partial charge in [0.2, 0.25) is 0 Å². The third kappa shape index (κ3) is 3.65. The third-order valence-corrected chi connectivity index (χ3v) is 6.77. The third-order valence-electron chi connectivity index (χ3n) is 6.77. The second kappa shape index (κ2) is 8.06. The Morgan fingerprint density at radius 3 is 0.967 bits per heavy atom. The first-order valence-corrected chi connectivity index (χ1v) is 10.8. The van der Waals surface area contributed by atoms with Gasteiger partial charge in [-0.3, -0.25) is 0 Å². The zero-order chi connectivity index (χ0) is 21.4. The highest BCUT2D eigenvalue weighted by Crippen LogP contribution is 2.33. The molecule has 1 heterocycles. The molecule has 0 spiro atoms. The quantitative estimate of drug-likeness (QED) is 0.516. The Bertz CT molecular complexity index is 927. The van der Waals surface area contributed by atoms with Crippen molar-refractivity contribution in [3.63, 3.8) is 0 Å². The minimum absolute atomic E-state index is 0.885. The molecule has 0 aromatic heterocycles. The lowest BCUT2D eigenvalue weighted by Crippen LogP contribution is -2.56. The SMILES string of the molecule is Cc1cccc(N2CN(c3cccc(C)c3C)CN(c3cccc(C)c3C)C2)c1C. The van der Waals surface area contributed by atoms with Crippen LogP contribution in [0, 0.1) is 41.5 Å². The first kappa shape index (κ1) is 20.3. The molecule has 0 aliphatic carbocycles. The van der Waals surface area contributed by atoms with E-state index in [0.29, 0.717) is 0 Å². The first-order valence-electron chi connectivity index (χ1n) is 10.8. The fraction of sp³-hybridized carbons (Fsp3) is 0.333. The maximum Gasteiger partial charge on any atom is 0.0937 e. The van der Waals surface area contributed by atoms with Crippen LogP contribution in [-0.4, -0.2) is 20.0 Å². The van der Waals surface area contributed by atoms with E-state index in [-0.39, 0.29) is 0 Å². The van der Waals surface area contributed by atoms with Crippen LogP contribution in [0.15, 0.2) is 54.6 Å². The van der Waals surface area contributed by atoms with E-state index in [9.17, 15) is 0 Å². The predicted molar refractivity (Wildman–Crippen MR) is 130 cm³/mol. The van der Waals surface area contributed by atoms with Crippen LogP contribution in [0.4, 0.5) is 17.1 Å². The Hall–Kier alpha value is -2.94. The van der Waals surface area contributed by atoms with Gasteiger partial charge in [0.15, 0.2) is 0 Å². The van der Waals surface area contributed by atoms with Crippen molar-refractivity contribution in [2.45, 2.75) is 41.5 Å². The van der Waals surface area contributed by atoms with Gasteiger partial charge < -0.3 is 14.7 Å². The van der Waals surface area contributed by atoms with Gasteiger partial charge in [0.25, 0.3) is 0 Å². The molecule has 0 amide bonds. The number of rotatable bonds is 3. The number of hydrogen-bond donors (Lipinski definition) is 0. The van der Waals surface area contributed by atoms with Gasteiger partial charge in [-0.2, -0.15) is 0 Å². The summed E-state index contributed by atoms with van der Waals surface area (Å²) < 4.78 is 0. The molecule has 4 rings (SSSR count). The molecule has 1 fully saturated rings. The average Bonchev–Trinajstić information content (AvgIpc) is 2.73. The predicted octanol–water partition coefficient (Wildman–Crippen LogP) is 6.24. The molecule has 0 saturated carbocycles. The van der Waals surface area contributed by atoms with Crippen LogP contribution in [0.2, 0.25) is 0 Å². The topological polar surface area (TPSA) is 9.72 Å². The lowest BCUT2D eigenvalue weighted by molar-refractivity contribution is 0.607. The number of anilines is 3. The van der Waals surface area contributed by atoms with Crippen LogP contribution in [0.1, 0.15) is 33.4 Å². The Labute approximate surface area is 181 Å². The van der Waals surface area contributed by atoms with Gasteiger partial charge in [-0.25, -0.2) is 0 Å². The maximum atomic E-state index is 2.51. The molecule has 1 saturated heterocycles. The lowest BCUT2D eigenvalue weighted by Gasteiger charge is -2.46. The monoisotopic (exact) mass is 399 g/mol. The van der Waals surface area contributed by atoms with E-state index in [1.807, 2.05) is 0 Å². The highest BCUT2D eigenvalue weighted by atomic mass is 15.5. The van der Waals surface area contributed by atoms with E-state index in [0.717, 1.165) is 20.0 Å². The molecular weight excluding hydrogens is 366 g/mol. The Morgan fingerprint density at radius 1 is 0.433 bits per heavy atom. The molecule has 0 atom stereocenters. The van der Waals surface area contributed by atoms with Crippen molar-refractivity contribution >= 4 is 17.1 Å². The second-order valence-electron chi connectivity index (χ2n) is 8.70. The normalized spacial score (nSPS) is 14.4. The molecule has 3 aromatic rings. The first-order chi connectivity index (χ1) is 14.4. The average molecular weight is 400 g/mol. The molecule has 1 aliphatic heterocycles. The Kier molecular flexibility index (Phi) is 5.46. The fourth-order valence-corrected chi connectivity index (χ4v) is 4.44. The van der Waals surface area contributed by atoms with E-state index in [4.69, 9.17) is 0 Å². The van der Waals surface area contributed by atoms with Crippen molar-refractivity contribution in [2.24, 2.45) is 0 Å². The van der Waals surface area contributed by atoms with Gasteiger partial charge in [-0.1, -0.05) is 36.4 Å². The molecule has 156 valence electrons. The summed E-state index contributed by atoms with van der Waals surface area (Å²) in [5.41, 5.74) is 12.1. The summed E-state index contributed by atoms with van der Waals surface area (Å²) >= 11 is 0. The zero-order valence-electron chi connectivity index (χ0n) is 19.2. The van der Waals surface area contributed by atoms with Crippen molar-refractivity contribution in [3.8, 4) is 0 Å². The Morgan fingerprint density at radius 2 is 0.700 bits per heavy atom. The number of nitrogens with zero attached hydrogens (tertiary/aromatic N) is 3. The van der Waals surface area contributed by atoms with Crippen LogP contribution in [0.5, 0.6) is 0 Å². The molecule has 0 unspecified atom stereocenters. The molecule has 30 heavy (non-hydrogen) atoms. The van der Waals surface area contributed by atoms with Gasteiger partial charge in [0.05, 0.1) is 20.0 Å². The molecule has 3 aromatic carbocycles. The largest absolute Gasteiger partial charge is 0.336 e. The van der Waals surface area contributed by atoms with Crippen LogP contribution in [0.3, 0.4) is 0 Å². The van der Waals surface area contributed by atoms with Crippen LogP contribution in [0.25, 0.3) is 0 Å². The lowest BCUT2D eigenvalue weighted by atomic mass is 10.1. The standard InChI is InChI=1S/C27H33N3/c1-19-10-7-13-25(22(19)4)28-16-29(26-14-8-11-20(2)23(26)5)18-30(17-28)27-15-9-12-21(3)24(27)6/h7-15H,16-18H2,1-6H3. The van der Waals surface area contributed by atoms with E-state index in [2.05, 4.69) is 111 Å². The highest BCUT2D eigenvalue weighted by Gasteiger charge is 2.27. The summed E-state index contributed by atoms with van der Waals surface area (Å²) in [5, 5.41) is 0. The van der Waals surface area contributed by atoms with Crippen molar-refractivity contribution < 1.29 is 0 Å². The van der Waals surface area contributed by atoms with E-state index >= 15 is 0 Å². The molecular formula is C27H33N3. The summed E-state index contributed by atoms with van der Waals surface area (Å²) in [6, 6.07) is 19.9. The van der Waals surface area contributed by atoms with Gasteiger partial charge in [-0.15, -0.1) is 0 Å². The van der Waals surface area contributed by atoms with Crippen LogP contribution in [-0.2, 0) is 0 Å². The van der Waals surface area contributed by atoms with E-state index in [1.54, 1.807) is 0 Å². The van der Waals surface area contributed by atoms with Crippen molar-refractivity contribution in [1.82, 2.24) is 0 Å². The summed E-state index contributed by atoms with van der Waals surface area (Å²) in [6.45, 7) is 16.0. The van der Waals surface area contributed by atoms with Crippen molar-refractivity contribution in [2.75, 3.05) is 34.7 Å². The molecule has 3 heteroatoms. The Balaban J connectivity index is 1.79. The van der Waals surface area contributed by atoms with E-state index in [1.165, 1.54) is 50.4 Å². The summed E-state index contributed by atoms with van der Waals surface area (Å²) in [5.74, 6) is 0. The molecule has 0 N–H and O–H groups in total. The summed E-state index contributed by atoms with van der Waals surface area (Å²) in [7, 11) is 0. The summed E-state index contributed by atoms with van der Waals surface area (Å²) in [6.07, 6.45) is 0.